The minimum atomic E-state index is 0.704. The first-order chi connectivity index (χ1) is 9.63. The Morgan fingerprint density at radius 3 is 2.20 bits per heavy atom. The molecule has 2 rings (SSSR count). The molecule has 0 aliphatic carbocycles. The van der Waals surface area contributed by atoms with Gasteiger partial charge in [-0.15, -0.1) is 0 Å². The predicted octanol–water partition coefficient (Wildman–Crippen LogP) is 4.53. The Morgan fingerprint density at radius 1 is 1.00 bits per heavy atom. The van der Waals surface area contributed by atoms with E-state index in [0.29, 0.717) is 5.75 Å². The van der Waals surface area contributed by atoms with Gasteiger partial charge in [0.15, 0.2) is 11.5 Å². The summed E-state index contributed by atoms with van der Waals surface area (Å²) in [6.45, 7) is 2.02. The van der Waals surface area contributed by atoms with Gasteiger partial charge in [0.05, 0.1) is 19.9 Å². The fourth-order valence-electron chi connectivity index (χ4n) is 1.81. The molecule has 2 aromatic rings. The molecule has 0 bridgehead atoms. The molecule has 0 N–H and O–H groups in total. The van der Waals surface area contributed by atoms with Crippen molar-refractivity contribution in [1.82, 2.24) is 0 Å². The molecule has 0 heterocycles. The number of ether oxygens (including phenoxy) is 2. The molecule has 0 fully saturated rings. The summed E-state index contributed by atoms with van der Waals surface area (Å²) in [5.74, 6) is 1.43. The van der Waals surface area contributed by atoms with Gasteiger partial charge in [-0.3, -0.25) is 4.99 Å². The lowest BCUT2D eigenvalue weighted by molar-refractivity contribution is 0.354. The minimum absolute atomic E-state index is 0.704. The second-order valence-corrected chi connectivity index (χ2v) is 5.21. The van der Waals surface area contributed by atoms with E-state index in [1.165, 1.54) is 0 Å². The molecule has 0 radical (unpaired) electrons. The molecule has 104 valence electrons. The number of nitrogens with zero attached hydrogens (tertiary/aromatic N) is 1. The van der Waals surface area contributed by atoms with Crippen LogP contribution in [0.25, 0.3) is 0 Å². The van der Waals surface area contributed by atoms with Crippen LogP contribution in [0.15, 0.2) is 45.9 Å². The zero-order valence-corrected chi connectivity index (χ0v) is 13.3. The van der Waals surface area contributed by atoms with Crippen LogP contribution in [-0.2, 0) is 0 Å². The first-order valence-corrected chi connectivity index (χ1v) is 6.95. The third-order valence-electron chi connectivity index (χ3n) is 2.95. The topological polar surface area (TPSA) is 30.8 Å². The van der Waals surface area contributed by atoms with Gasteiger partial charge in [-0.2, -0.15) is 0 Å². The Morgan fingerprint density at radius 2 is 1.60 bits per heavy atom. The Bertz CT molecular complexity index is 621. The van der Waals surface area contributed by atoms with Crippen molar-refractivity contribution < 1.29 is 9.47 Å². The van der Waals surface area contributed by atoms with Gasteiger partial charge < -0.3 is 9.47 Å². The number of methoxy groups -OCH3 is 2. The normalized spacial score (nSPS) is 10.8. The molecule has 0 atom stereocenters. The second kappa shape index (κ2) is 6.57. The molecule has 0 aliphatic rings. The van der Waals surface area contributed by atoms with Gasteiger partial charge in [0, 0.05) is 10.7 Å². The van der Waals surface area contributed by atoms with Crippen LogP contribution in [0, 0.1) is 6.92 Å². The van der Waals surface area contributed by atoms with E-state index in [9.17, 15) is 0 Å². The monoisotopic (exact) mass is 333 g/mol. The van der Waals surface area contributed by atoms with Crippen LogP contribution in [0.3, 0.4) is 0 Å². The summed E-state index contributed by atoms with van der Waals surface area (Å²) in [5, 5.41) is 0. The summed E-state index contributed by atoms with van der Waals surface area (Å²) in [6.07, 6.45) is 1.83. The molecule has 0 spiro atoms. The van der Waals surface area contributed by atoms with E-state index in [0.717, 1.165) is 27.0 Å². The van der Waals surface area contributed by atoms with Gasteiger partial charge in [-0.05, 0) is 54.4 Å². The fourth-order valence-corrected chi connectivity index (χ4v) is 2.07. The van der Waals surface area contributed by atoms with Gasteiger partial charge >= 0.3 is 0 Å². The van der Waals surface area contributed by atoms with Crippen molar-refractivity contribution >= 4 is 27.8 Å². The van der Waals surface area contributed by atoms with Crippen molar-refractivity contribution in [1.29, 1.82) is 0 Å². The molecular weight excluding hydrogens is 318 g/mol. The first kappa shape index (κ1) is 14.6. The Hall–Kier alpha value is -1.81. The van der Waals surface area contributed by atoms with Gasteiger partial charge in [0.2, 0.25) is 0 Å². The number of aryl methyl sites for hydroxylation is 1. The first-order valence-electron chi connectivity index (χ1n) is 6.16. The molecule has 0 aromatic heterocycles. The fraction of sp³-hybridized carbons (Fsp3) is 0.188. The number of hydrogen-bond acceptors (Lipinski definition) is 3. The van der Waals surface area contributed by atoms with E-state index < -0.39 is 0 Å². The van der Waals surface area contributed by atoms with E-state index in [4.69, 9.17) is 9.47 Å². The highest BCUT2D eigenvalue weighted by molar-refractivity contribution is 9.10. The van der Waals surface area contributed by atoms with E-state index in [1.807, 2.05) is 49.5 Å². The van der Waals surface area contributed by atoms with Gasteiger partial charge in [-0.25, -0.2) is 0 Å². The number of benzene rings is 2. The summed E-state index contributed by atoms with van der Waals surface area (Å²) in [5.41, 5.74) is 3.00. The molecule has 4 heteroatoms. The average Bonchev–Trinajstić information content (AvgIpc) is 2.47. The smallest absolute Gasteiger partial charge is 0.161 e. The third-order valence-corrected chi connectivity index (χ3v) is 3.48. The van der Waals surface area contributed by atoms with E-state index in [-0.39, 0.29) is 0 Å². The summed E-state index contributed by atoms with van der Waals surface area (Å²) in [6, 6.07) is 11.7. The van der Waals surface area contributed by atoms with Crippen molar-refractivity contribution in [2.45, 2.75) is 6.92 Å². The number of hydrogen-bond donors (Lipinski definition) is 0. The zero-order chi connectivity index (χ0) is 14.5. The molecule has 0 aliphatic heterocycles. The zero-order valence-electron chi connectivity index (χ0n) is 11.7. The number of aliphatic imine (C=N–C) groups is 1. The maximum atomic E-state index is 5.31. The maximum Gasteiger partial charge on any atom is 0.161 e. The van der Waals surface area contributed by atoms with Crippen LogP contribution < -0.4 is 9.47 Å². The van der Waals surface area contributed by atoms with E-state index >= 15 is 0 Å². The lowest BCUT2D eigenvalue weighted by Crippen LogP contribution is -1.95. The highest BCUT2D eigenvalue weighted by Gasteiger charge is 2.06. The third kappa shape index (κ3) is 3.39. The van der Waals surface area contributed by atoms with Crippen molar-refractivity contribution in [3.63, 3.8) is 0 Å². The largest absolute Gasteiger partial charge is 0.493 e. The molecular formula is C16H16BrNO2. The van der Waals surface area contributed by atoms with Crippen LogP contribution in [0.1, 0.15) is 11.1 Å². The summed E-state index contributed by atoms with van der Waals surface area (Å²) < 4.78 is 11.6. The summed E-state index contributed by atoms with van der Waals surface area (Å²) >= 11 is 3.41. The second-order valence-electron chi connectivity index (χ2n) is 4.30. The predicted molar refractivity (Wildman–Crippen MR) is 85.7 cm³/mol. The molecule has 0 saturated carbocycles. The lowest BCUT2D eigenvalue weighted by Gasteiger charge is -2.10. The highest BCUT2D eigenvalue weighted by atomic mass is 79.9. The van der Waals surface area contributed by atoms with Crippen molar-refractivity contribution in [3.8, 4) is 11.5 Å². The van der Waals surface area contributed by atoms with Crippen molar-refractivity contribution in [2.24, 2.45) is 4.99 Å². The summed E-state index contributed by atoms with van der Waals surface area (Å²) in [4.78, 5) is 4.47. The quantitative estimate of drug-likeness (QED) is 0.770. The molecule has 0 saturated heterocycles. The van der Waals surface area contributed by atoms with Gasteiger partial charge in [0.25, 0.3) is 0 Å². The minimum Gasteiger partial charge on any atom is -0.493 e. The van der Waals surface area contributed by atoms with E-state index in [1.54, 1.807) is 14.2 Å². The summed E-state index contributed by atoms with van der Waals surface area (Å²) in [7, 11) is 3.26. The average molecular weight is 334 g/mol. The standard InChI is InChI=1S/C16H16BrNO2/c1-11-8-15(19-2)16(20-3)9-12(11)10-18-14-6-4-13(17)5-7-14/h4-10H,1-3H3. The van der Waals surface area contributed by atoms with Crippen LogP contribution in [-0.4, -0.2) is 20.4 Å². The van der Waals surface area contributed by atoms with E-state index in [2.05, 4.69) is 20.9 Å². The molecule has 0 amide bonds. The SMILES string of the molecule is COc1cc(C)c(C=Nc2ccc(Br)cc2)cc1OC. The van der Waals surface area contributed by atoms with Crippen molar-refractivity contribution in [2.75, 3.05) is 14.2 Å². The van der Waals surface area contributed by atoms with Crippen LogP contribution in [0.2, 0.25) is 0 Å². The van der Waals surface area contributed by atoms with Crippen LogP contribution in [0.4, 0.5) is 5.69 Å². The Labute approximate surface area is 127 Å². The molecule has 2 aromatic carbocycles. The van der Waals surface area contributed by atoms with Gasteiger partial charge in [0.1, 0.15) is 0 Å². The Balaban J connectivity index is 2.31. The van der Waals surface area contributed by atoms with Crippen LogP contribution >= 0.6 is 15.9 Å². The molecule has 0 unspecified atom stereocenters. The highest BCUT2D eigenvalue weighted by Crippen LogP contribution is 2.29. The molecule has 20 heavy (non-hydrogen) atoms. The lowest BCUT2D eigenvalue weighted by atomic mass is 10.1. The maximum absolute atomic E-state index is 5.31. The molecule has 3 nitrogen and oxygen atoms in total. The van der Waals surface area contributed by atoms with Crippen LogP contribution in [0.5, 0.6) is 11.5 Å². The number of halogens is 1. The van der Waals surface area contributed by atoms with Gasteiger partial charge in [-0.1, -0.05) is 15.9 Å². The van der Waals surface area contributed by atoms with Crippen molar-refractivity contribution in [3.05, 3.63) is 52.0 Å². The Kier molecular flexibility index (Phi) is 4.79. The number of rotatable bonds is 4.